The van der Waals surface area contributed by atoms with Crippen molar-refractivity contribution in [3.63, 3.8) is 0 Å². The van der Waals surface area contributed by atoms with Gasteiger partial charge >= 0.3 is 0 Å². The maximum absolute atomic E-state index is 11.4. The van der Waals surface area contributed by atoms with Crippen molar-refractivity contribution in [1.29, 1.82) is 0 Å². The Kier molecular flexibility index (Phi) is 4.65. The third-order valence-electron chi connectivity index (χ3n) is 2.81. The number of hydrogen-bond acceptors (Lipinski definition) is 5. The molecule has 0 aliphatic heterocycles. The van der Waals surface area contributed by atoms with Crippen LogP contribution >= 0.6 is 0 Å². The summed E-state index contributed by atoms with van der Waals surface area (Å²) >= 11 is 0. The lowest BCUT2D eigenvalue weighted by molar-refractivity contribution is 0.0996. The lowest BCUT2D eigenvalue weighted by Gasteiger charge is -2.04. The van der Waals surface area contributed by atoms with E-state index in [-0.39, 0.29) is 11.5 Å². The van der Waals surface area contributed by atoms with Gasteiger partial charge in [-0.2, -0.15) is 4.99 Å². The molecule has 1 amide bonds. The van der Waals surface area contributed by atoms with Crippen molar-refractivity contribution in [3.05, 3.63) is 41.1 Å². The molecule has 21 heavy (non-hydrogen) atoms. The van der Waals surface area contributed by atoms with Crippen molar-refractivity contribution in [2.45, 2.75) is 20.4 Å². The molecule has 1 aromatic heterocycles. The van der Waals surface area contributed by atoms with Gasteiger partial charge in [0.25, 0.3) is 5.91 Å². The van der Waals surface area contributed by atoms with E-state index in [1.807, 2.05) is 38.1 Å². The van der Waals surface area contributed by atoms with Gasteiger partial charge in [-0.3, -0.25) is 4.79 Å². The largest absolute Gasteiger partial charge is 0.483 e. The van der Waals surface area contributed by atoms with E-state index in [1.54, 1.807) is 0 Å². The Bertz CT molecular complexity index is 646. The number of ether oxygens (including phenoxy) is 1. The molecule has 2 aromatic rings. The minimum absolute atomic E-state index is 0.0260. The minimum Gasteiger partial charge on any atom is -0.483 e. The molecule has 0 fully saturated rings. The summed E-state index contributed by atoms with van der Waals surface area (Å²) in [7, 11) is 0. The quantitative estimate of drug-likeness (QED) is 0.642. The molecular formula is C14H17N5O2. The van der Waals surface area contributed by atoms with Crippen LogP contribution in [0.4, 0.5) is 5.82 Å². The molecule has 110 valence electrons. The zero-order chi connectivity index (χ0) is 15.2. The van der Waals surface area contributed by atoms with Crippen LogP contribution in [0.5, 0.6) is 0 Å². The molecule has 0 aliphatic carbocycles. The summed E-state index contributed by atoms with van der Waals surface area (Å²) in [5.74, 6) is -0.384. The second kappa shape index (κ2) is 6.65. The highest BCUT2D eigenvalue weighted by atomic mass is 16.5. The Morgan fingerprint density at radius 2 is 2.14 bits per heavy atom. The van der Waals surface area contributed by atoms with Gasteiger partial charge in [-0.05, 0) is 19.4 Å². The van der Waals surface area contributed by atoms with Crippen LogP contribution in [0.3, 0.4) is 0 Å². The van der Waals surface area contributed by atoms with Crippen LogP contribution in [0.15, 0.2) is 29.3 Å². The van der Waals surface area contributed by atoms with Gasteiger partial charge in [0.15, 0.2) is 17.9 Å². The number of carbonyl (C=O) groups excluding carboxylic acids is 1. The first-order chi connectivity index (χ1) is 10.1. The summed E-state index contributed by atoms with van der Waals surface area (Å²) in [4.78, 5) is 15.4. The number of nitrogens with zero attached hydrogens (tertiary/aromatic N) is 4. The summed E-state index contributed by atoms with van der Waals surface area (Å²) < 4.78 is 6.56. The second-order valence-corrected chi connectivity index (χ2v) is 4.46. The highest BCUT2D eigenvalue weighted by molar-refractivity contribution is 5.95. The predicted octanol–water partition coefficient (Wildman–Crippen LogP) is 1.43. The molecule has 0 atom stereocenters. The van der Waals surface area contributed by atoms with Crippen molar-refractivity contribution in [3.8, 4) is 0 Å². The van der Waals surface area contributed by atoms with Gasteiger partial charge in [0.2, 0.25) is 0 Å². The fraction of sp³-hybridized carbons (Fsp3) is 0.286. The van der Waals surface area contributed by atoms with E-state index in [9.17, 15) is 4.79 Å². The number of aryl methyl sites for hydroxylation is 1. The van der Waals surface area contributed by atoms with Crippen molar-refractivity contribution in [2.24, 2.45) is 10.7 Å². The standard InChI is InChI=1S/C14H17N5O2/c1-3-21-9-16-14-12(13(15)20)17-18-19(14)8-11-6-4-10(2)5-7-11/h4-7,9H,3,8H2,1-2H3,(H2,15,20)/b16-9+. The molecule has 0 radical (unpaired) electrons. The lowest BCUT2D eigenvalue weighted by atomic mass is 10.1. The van der Waals surface area contributed by atoms with Gasteiger partial charge in [-0.25, -0.2) is 4.68 Å². The zero-order valence-corrected chi connectivity index (χ0v) is 12.0. The van der Waals surface area contributed by atoms with Crippen LogP contribution in [0.1, 0.15) is 28.5 Å². The Morgan fingerprint density at radius 3 is 2.76 bits per heavy atom. The molecule has 0 saturated heterocycles. The number of amides is 1. The fourth-order valence-electron chi connectivity index (χ4n) is 1.73. The summed E-state index contributed by atoms with van der Waals surface area (Å²) in [6.07, 6.45) is 1.26. The molecule has 2 rings (SSSR count). The number of aromatic nitrogens is 3. The number of carbonyl (C=O) groups is 1. The molecular weight excluding hydrogens is 270 g/mol. The average Bonchev–Trinajstić information content (AvgIpc) is 2.85. The van der Waals surface area contributed by atoms with E-state index in [2.05, 4.69) is 15.3 Å². The van der Waals surface area contributed by atoms with Crippen LogP contribution in [0.25, 0.3) is 0 Å². The Balaban J connectivity index is 2.29. The van der Waals surface area contributed by atoms with E-state index in [0.717, 1.165) is 5.56 Å². The minimum atomic E-state index is -0.672. The molecule has 2 N–H and O–H groups in total. The Labute approximate surface area is 122 Å². The number of primary amides is 1. The lowest BCUT2D eigenvalue weighted by Crippen LogP contribution is -2.12. The normalized spacial score (nSPS) is 11.0. The van der Waals surface area contributed by atoms with Gasteiger partial charge in [0.05, 0.1) is 13.2 Å². The predicted molar refractivity (Wildman–Crippen MR) is 78.6 cm³/mol. The van der Waals surface area contributed by atoms with Crippen LogP contribution in [-0.2, 0) is 11.3 Å². The highest BCUT2D eigenvalue weighted by Crippen LogP contribution is 2.17. The van der Waals surface area contributed by atoms with Crippen LogP contribution in [0.2, 0.25) is 0 Å². The van der Waals surface area contributed by atoms with Crippen molar-refractivity contribution >= 4 is 18.1 Å². The van der Waals surface area contributed by atoms with E-state index in [0.29, 0.717) is 13.2 Å². The van der Waals surface area contributed by atoms with Gasteiger partial charge in [-0.15, -0.1) is 5.10 Å². The molecule has 0 aliphatic rings. The highest BCUT2D eigenvalue weighted by Gasteiger charge is 2.16. The molecule has 0 saturated carbocycles. The molecule has 0 bridgehead atoms. The number of nitrogens with two attached hydrogens (primary N) is 1. The average molecular weight is 287 g/mol. The van der Waals surface area contributed by atoms with Crippen LogP contribution in [-0.4, -0.2) is 33.9 Å². The van der Waals surface area contributed by atoms with Gasteiger partial charge in [-0.1, -0.05) is 35.0 Å². The smallest absolute Gasteiger partial charge is 0.273 e. The molecule has 0 unspecified atom stereocenters. The maximum atomic E-state index is 11.4. The van der Waals surface area contributed by atoms with E-state index >= 15 is 0 Å². The van der Waals surface area contributed by atoms with Crippen LogP contribution < -0.4 is 5.73 Å². The first-order valence-electron chi connectivity index (χ1n) is 6.54. The molecule has 7 nitrogen and oxygen atoms in total. The maximum Gasteiger partial charge on any atom is 0.273 e. The Hall–Kier alpha value is -2.70. The van der Waals surface area contributed by atoms with Crippen LogP contribution in [0, 0.1) is 6.92 Å². The molecule has 1 aromatic carbocycles. The van der Waals surface area contributed by atoms with Gasteiger partial charge in [0.1, 0.15) is 0 Å². The van der Waals surface area contributed by atoms with Gasteiger partial charge in [0, 0.05) is 0 Å². The van der Waals surface area contributed by atoms with E-state index < -0.39 is 5.91 Å². The third-order valence-corrected chi connectivity index (χ3v) is 2.81. The monoisotopic (exact) mass is 287 g/mol. The summed E-state index contributed by atoms with van der Waals surface area (Å²) in [5, 5.41) is 7.71. The Morgan fingerprint density at radius 1 is 1.43 bits per heavy atom. The summed E-state index contributed by atoms with van der Waals surface area (Å²) in [6.45, 7) is 4.78. The SMILES string of the molecule is CCO/C=N/c1c(C(N)=O)nnn1Cc1ccc(C)cc1. The first-order valence-corrected chi connectivity index (χ1v) is 6.54. The second-order valence-electron chi connectivity index (χ2n) is 4.46. The first kappa shape index (κ1) is 14.7. The van der Waals surface area contributed by atoms with Crippen molar-refractivity contribution in [1.82, 2.24) is 15.0 Å². The summed E-state index contributed by atoms with van der Waals surface area (Å²) in [5.41, 5.74) is 7.50. The zero-order valence-electron chi connectivity index (χ0n) is 12.0. The number of aliphatic imine (C=N–C) groups is 1. The topological polar surface area (TPSA) is 95.4 Å². The molecule has 7 heteroatoms. The summed E-state index contributed by atoms with van der Waals surface area (Å²) in [6, 6.07) is 7.97. The number of rotatable bonds is 6. The third kappa shape index (κ3) is 3.65. The van der Waals surface area contributed by atoms with Crippen molar-refractivity contribution < 1.29 is 9.53 Å². The van der Waals surface area contributed by atoms with E-state index in [1.165, 1.54) is 16.6 Å². The van der Waals surface area contributed by atoms with E-state index in [4.69, 9.17) is 10.5 Å². The number of hydrogen-bond donors (Lipinski definition) is 1. The molecule has 1 heterocycles. The van der Waals surface area contributed by atoms with Crippen molar-refractivity contribution in [2.75, 3.05) is 6.61 Å². The fourth-order valence-corrected chi connectivity index (χ4v) is 1.73. The number of benzene rings is 1. The molecule has 0 spiro atoms. The van der Waals surface area contributed by atoms with Gasteiger partial charge < -0.3 is 10.5 Å².